The van der Waals surface area contributed by atoms with Gasteiger partial charge >= 0.3 is 0 Å². The van der Waals surface area contributed by atoms with Gasteiger partial charge in [0.25, 0.3) is 5.91 Å². The van der Waals surface area contributed by atoms with Crippen molar-refractivity contribution in [3.63, 3.8) is 0 Å². The minimum Gasteiger partial charge on any atom is -0.296 e. The Kier molecular flexibility index (Phi) is 4.90. The molecule has 2 aromatic rings. The van der Waals surface area contributed by atoms with Crippen LogP contribution in [0.2, 0.25) is 0 Å². The second kappa shape index (κ2) is 6.40. The largest absolute Gasteiger partial charge is 0.296 e. The van der Waals surface area contributed by atoms with Crippen LogP contribution in [0.3, 0.4) is 0 Å². The molecule has 5 heteroatoms. The van der Waals surface area contributed by atoms with Crippen molar-refractivity contribution in [2.24, 2.45) is 0 Å². The van der Waals surface area contributed by atoms with Gasteiger partial charge in [0, 0.05) is 11.0 Å². The Hall–Kier alpha value is -1.75. The first-order valence-electron chi connectivity index (χ1n) is 7.89. The summed E-state index contributed by atoms with van der Waals surface area (Å²) in [5.41, 5.74) is 1.89. The highest BCUT2D eigenvalue weighted by molar-refractivity contribution is 7.15. The number of hydrogen-bond acceptors (Lipinski definition) is 4. The van der Waals surface area contributed by atoms with E-state index < -0.39 is 0 Å². The fraction of sp³-hybridized carbons (Fsp3) is 0.500. The average molecular weight is 331 g/mol. The van der Waals surface area contributed by atoms with Crippen molar-refractivity contribution in [3.8, 4) is 0 Å². The molecule has 0 radical (unpaired) electrons. The number of carbonyl (C=O) groups excluding carboxylic acids is 1. The van der Waals surface area contributed by atoms with Crippen molar-refractivity contribution >= 4 is 22.4 Å². The molecule has 1 amide bonds. The van der Waals surface area contributed by atoms with E-state index in [9.17, 15) is 4.79 Å². The van der Waals surface area contributed by atoms with Crippen LogP contribution in [0.25, 0.3) is 0 Å². The van der Waals surface area contributed by atoms with E-state index in [1.54, 1.807) is 0 Å². The molecule has 0 saturated carbocycles. The molecule has 0 bridgehead atoms. The highest BCUT2D eigenvalue weighted by Gasteiger charge is 2.23. The molecule has 2 rings (SSSR count). The molecule has 0 unspecified atom stereocenters. The predicted molar refractivity (Wildman–Crippen MR) is 96.3 cm³/mol. The Morgan fingerprint density at radius 1 is 1.09 bits per heavy atom. The lowest BCUT2D eigenvalue weighted by Crippen LogP contribution is -2.14. The topological polar surface area (TPSA) is 54.9 Å². The van der Waals surface area contributed by atoms with Gasteiger partial charge in [0.05, 0.1) is 0 Å². The van der Waals surface area contributed by atoms with Gasteiger partial charge in [-0.25, -0.2) is 0 Å². The van der Waals surface area contributed by atoms with Crippen molar-refractivity contribution in [2.75, 3.05) is 5.32 Å². The summed E-state index contributed by atoms with van der Waals surface area (Å²) >= 11 is 1.44. The Labute approximate surface area is 142 Å². The molecule has 0 aliphatic carbocycles. The SMILES string of the molecule is CCC(C)(C)c1nnc(NC(=O)c2ccc(C(C)(C)C)cc2)s1. The van der Waals surface area contributed by atoms with Crippen LogP contribution in [0, 0.1) is 0 Å². The van der Waals surface area contributed by atoms with Crippen LogP contribution in [0.1, 0.15) is 68.9 Å². The Balaban J connectivity index is 2.11. The van der Waals surface area contributed by atoms with Gasteiger partial charge < -0.3 is 0 Å². The van der Waals surface area contributed by atoms with Crippen molar-refractivity contribution in [3.05, 3.63) is 40.4 Å². The van der Waals surface area contributed by atoms with Crippen molar-refractivity contribution in [1.82, 2.24) is 10.2 Å². The highest BCUT2D eigenvalue weighted by atomic mass is 32.1. The minimum atomic E-state index is -0.150. The molecular weight excluding hydrogens is 306 g/mol. The first kappa shape index (κ1) is 17.6. The maximum atomic E-state index is 12.3. The minimum absolute atomic E-state index is 0.0188. The lowest BCUT2D eigenvalue weighted by atomic mass is 9.87. The lowest BCUT2D eigenvalue weighted by molar-refractivity contribution is 0.102. The molecule has 4 nitrogen and oxygen atoms in total. The molecule has 0 aliphatic heterocycles. The van der Waals surface area contributed by atoms with E-state index in [-0.39, 0.29) is 16.7 Å². The van der Waals surface area contributed by atoms with Crippen molar-refractivity contribution in [1.29, 1.82) is 0 Å². The molecule has 0 fully saturated rings. The molecule has 1 heterocycles. The molecule has 1 aromatic carbocycles. The van der Waals surface area contributed by atoms with Crippen LogP contribution >= 0.6 is 11.3 Å². The van der Waals surface area contributed by atoms with Gasteiger partial charge in [-0.3, -0.25) is 10.1 Å². The first-order chi connectivity index (χ1) is 10.6. The van der Waals surface area contributed by atoms with Crippen molar-refractivity contribution in [2.45, 2.75) is 58.8 Å². The Morgan fingerprint density at radius 3 is 2.22 bits per heavy atom. The van der Waals surface area contributed by atoms with Gasteiger partial charge in [-0.2, -0.15) is 0 Å². The Morgan fingerprint density at radius 2 is 1.70 bits per heavy atom. The number of rotatable bonds is 4. The van der Waals surface area contributed by atoms with Crippen LogP contribution in [0.5, 0.6) is 0 Å². The third kappa shape index (κ3) is 4.16. The van der Waals surface area contributed by atoms with E-state index in [0.29, 0.717) is 10.7 Å². The van der Waals surface area contributed by atoms with Crippen molar-refractivity contribution < 1.29 is 4.79 Å². The average Bonchev–Trinajstić information content (AvgIpc) is 2.96. The molecule has 0 atom stereocenters. The number of nitrogens with one attached hydrogen (secondary N) is 1. The zero-order valence-corrected chi connectivity index (χ0v) is 15.5. The summed E-state index contributed by atoms with van der Waals surface area (Å²) in [5, 5.41) is 12.6. The number of anilines is 1. The molecular formula is C18H25N3OS. The van der Waals surface area contributed by atoms with Crippen LogP contribution < -0.4 is 5.32 Å². The summed E-state index contributed by atoms with van der Waals surface area (Å²) in [6.45, 7) is 12.8. The molecule has 0 spiro atoms. The second-order valence-electron chi connectivity index (χ2n) is 7.43. The van der Waals surface area contributed by atoms with E-state index in [1.807, 2.05) is 24.3 Å². The molecule has 1 aromatic heterocycles. The maximum absolute atomic E-state index is 12.3. The number of amides is 1. The van der Waals surface area contributed by atoms with Crippen LogP contribution in [-0.2, 0) is 10.8 Å². The number of benzene rings is 1. The molecule has 0 aliphatic rings. The van der Waals surface area contributed by atoms with Gasteiger partial charge in [-0.05, 0) is 29.5 Å². The quantitative estimate of drug-likeness (QED) is 0.877. The van der Waals surface area contributed by atoms with E-state index in [4.69, 9.17) is 0 Å². The van der Waals surface area contributed by atoms with Crippen LogP contribution in [-0.4, -0.2) is 16.1 Å². The lowest BCUT2D eigenvalue weighted by Gasteiger charge is -2.19. The smallest absolute Gasteiger partial charge is 0.257 e. The zero-order valence-electron chi connectivity index (χ0n) is 14.7. The van der Waals surface area contributed by atoms with Crippen LogP contribution in [0.4, 0.5) is 5.13 Å². The number of hydrogen-bond donors (Lipinski definition) is 1. The normalized spacial score (nSPS) is 12.3. The van der Waals surface area contributed by atoms with E-state index >= 15 is 0 Å². The molecule has 1 N–H and O–H groups in total. The zero-order chi connectivity index (χ0) is 17.3. The van der Waals surface area contributed by atoms with Gasteiger partial charge in [-0.1, -0.05) is 65.0 Å². The fourth-order valence-electron chi connectivity index (χ4n) is 1.99. The standard InChI is InChI=1S/C18H25N3OS/c1-7-18(5,6)15-20-21-16(23-15)19-14(22)12-8-10-13(11-9-12)17(2,3)4/h8-11H,7H2,1-6H3,(H,19,21,22). The number of nitrogens with zero attached hydrogens (tertiary/aromatic N) is 2. The number of aromatic nitrogens is 2. The number of carbonyl (C=O) groups is 1. The van der Waals surface area contributed by atoms with E-state index in [1.165, 1.54) is 16.9 Å². The van der Waals surface area contributed by atoms with Gasteiger partial charge in [0.15, 0.2) is 0 Å². The maximum Gasteiger partial charge on any atom is 0.257 e. The summed E-state index contributed by atoms with van der Waals surface area (Å²) in [4.78, 5) is 12.3. The first-order valence-corrected chi connectivity index (χ1v) is 8.71. The monoisotopic (exact) mass is 331 g/mol. The summed E-state index contributed by atoms with van der Waals surface area (Å²) < 4.78 is 0. The van der Waals surface area contributed by atoms with Crippen LogP contribution in [0.15, 0.2) is 24.3 Å². The van der Waals surface area contributed by atoms with Gasteiger partial charge in [0.2, 0.25) is 5.13 Å². The predicted octanol–water partition coefficient (Wildman–Crippen LogP) is 4.78. The summed E-state index contributed by atoms with van der Waals surface area (Å²) in [6.07, 6.45) is 0.976. The molecule has 23 heavy (non-hydrogen) atoms. The van der Waals surface area contributed by atoms with E-state index in [0.717, 1.165) is 11.4 Å². The third-order valence-electron chi connectivity index (χ3n) is 4.12. The third-order valence-corrected chi connectivity index (χ3v) is 5.33. The van der Waals surface area contributed by atoms with E-state index in [2.05, 4.69) is 57.1 Å². The summed E-state index contributed by atoms with van der Waals surface area (Å²) in [7, 11) is 0. The summed E-state index contributed by atoms with van der Waals surface area (Å²) in [5.74, 6) is -0.150. The van der Waals surface area contributed by atoms with Gasteiger partial charge in [0.1, 0.15) is 5.01 Å². The fourth-order valence-corrected chi connectivity index (χ4v) is 2.90. The summed E-state index contributed by atoms with van der Waals surface area (Å²) in [6, 6.07) is 7.71. The highest BCUT2D eigenvalue weighted by Crippen LogP contribution is 2.31. The molecule has 0 saturated heterocycles. The second-order valence-corrected chi connectivity index (χ2v) is 8.41. The Bertz CT molecular complexity index is 681. The van der Waals surface area contributed by atoms with Gasteiger partial charge in [-0.15, -0.1) is 10.2 Å². The molecule has 124 valence electrons.